The van der Waals surface area contributed by atoms with Gasteiger partial charge in [-0.25, -0.2) is 0 Å². The van der Waals surface area contributed by atoms with E-state index in [0.717, 1.165) is 37.1 Å². The summed E-state index contributed by atoms with van der Waals surface area (Å²) in [5.74, 6) is 0.0299. The Kier molecular flexibility index (Phi) is 10.2. The molecule has 2 atom stereocenters. The average Bonchev–Trinajstić information content (AvgIpc) is 3.01. The van der Waals surface area contributed by atoms with Gasteiger partial charge in [0, 0.05) is 39.3 Å². The number of nitrogens with two attached hydrogens (primary N) is 1. The summed E-state index contributed by atoms with van der Waals surface area (Å²) in [6.45, 7) is 3.80. The summed E-state index contributed by atoms with van der Waals surface area (Å²) >= 11 is 0. The molecule has 1 amide bonds. The Labute approximate surface area is 181 Å². The van der Waals surface area contributed by atoms with Gasteiger partial charge in [-0.1, -0.05) is 12.1 Å². The number of halogens is 5. The van der Waals surface area contributed by atoms with Crippen LogP contribution in [0.4, 0.5) is 13.2 Å². The van der Waals surface area contributed by atoms with E-state index in [1.54, 1.807) is 0 Å². The molecule has 1 aromatic carbocycles. The molecule has 166 valence electrons. The summed E-state index contributed by atoms with van der Waals surface area (Å²) in [6.07, 6.45) is -2.36. The first-order chi connectivity index (χ1) is 12.9. The molecule has 0 spiro atoms. The number of rotatable bonds is 4. The maximum Gasteiger partial charge on any atom is 0.416 e. The Balaban J connectivity index is 0.00000210. The fraction of sp³-hybridized carbons (Fsp3) is 0.632. The van der Waals surface area contributed by atoms with Crippen LogP contribution in [0.1, 0.15) is 30.4 Å². The summed E-state index contributed by atoms with van der Waals surface area (Å²) in [6, 6.07) is 5.29. The number of alkyl halides is 3. The first-order valence-corrected chi connectivity index (χ1v) is 9.39. The van der Waals surface area contributed by atoms with E-state index in [1.165, 1.54) is 12.1 Å². The van der Waals surface area contributed by atoms with Gasteiger partial charge >= 0.3 is 6.18 Å². The highest BCUT2D eigenvalue weighted by atomic mass is 35.5. The van der Waals surface area contributed by atoms with Crippen LogP contribution < -0.4 is 5.73 Å². The van der Waals surface area contributed by atoms with Crippen LogP contribution in [-0.2, 0) is 22.3 Å². The van der Waals surface area contributed by atoms with Crippen molar-refractivity contribution in [3.8, 4) is 0 Å². The van der Waals surface area contributed by atoms with Gasteiger partial charge in [-0.05, 0) is 37.0 Å². The van der Waals surface area contributed by atoms with Crippen LogP contribution in [0.15, 0.2) is 24.3 Å². The lowest BCUT2D eigenvalue weighted by Crippen LogP contribution is -2.41. The number of hydrogen-bond donors (Lipinski definition) is 1. The lowest BCUT2D eigenvalue weighted by atomic mass is 10.1. The lowest BCUT2D eigenvalue weighted by molar-refractivity contribution is -0.142. The lowest BCUT2D eigenvalue weighted by Gasteiger charge is -2.24. The largest absolute Gasteiger partial charge is 0.416 e. The van der Waals surface area contributed by atoms with Crippen molar-refractivity contribution in [2.75, 3.05) is 32.7 Å². The van der Waals surface area contributed by atoms with Gasteiger partial charge in [-0.2, -0.15) is 13.2 Å². The van der Waals surface area contributed by atoms with Crippen LogP contribution in [0.5, 0.6) is 0 Å². The molecular weight excluding hydrogens is 430 g/mol. The molecule has 0 bridgehead atoms. The maximum absolute atomic E-state index is 12.7. The molecule has 5 nitrogen and oxygen atoms in total. The van der Waals surface area contributed by atoms with E-state index >= 15 is 0 Å². The quantitative estimate of drug-likeness (QED) is 0.754. The molecule has 2 aliphatic heterocycles. The predicted octanol–water partition coefficient (Wildman–Crippen LogP) is 3.09. The maximum atomic E-state index is 12.7. The number of carbonyl (C=O) groups is 1. The first-order valence-electron chi connectivity index (χ1n) is 9.39. The molecule has 0 aliphatic carbocycles. The van der Waals surface area contributed by atoms with E-state index in [0.29, 0.717) is 39.1 Å². The third-order valence-electron chi connectivity index (χ3n) is 5.23. The van der Waals surface area contributed by atoms with Gasteiger partial charge in [0.25, 0.3) is 5.91 Å². The number of amides is 1. The van der Waals surface area contributed by atoms with E-state index in [4.69, 9.17) is 10.5 Å². The van der Waals surface area contributed by atoms with Crippen LogP contribution in [0, 0.1) is 0 Å². The third-order valence-corrected chi connectivity index (χ3v) is 5.23. The second-order valence-corrected chi connectivity index (χ2v) is 7.21. The van der Waals surface area contributed by atoms with Crippen molar-refractivity contribution < 1.29 is 22.7 Å². The van der Waals surface area contributed by atoms with Crippen molar-refractivity contribution in [1.82, 2.24) is 9.80 Å². The van der Waals surface area contributed by atoms with Crippen molar-refractivity contribution in [2.24, 2.45) is 5.73 Å². The van der Waals surface area contributed by atoms with Gasteiger partial charge < -0.3 is 15.4 Å². The molecule has 1 aromatic rings. The number of ether oxygens (including phenoxy) is 1. The van der Waals surface area contributed by atoms with Crippen LogP contribution in [-0.4, -0.2) is 60.6 Å². The van der Waals surface area contributed by atoms with Crippen molar-refractivity contribution >= 4 is 30.7 Å². The number of benzene rings is 1. The standard InChI is InChI=1S/C19H26F3N3O2.2ClH/c20-19(21,22)15-4-2-14(3-5-15)13-24-8-1-9-25(11-10-24)18(26)17-7-6-16(12-23)27-17;;/h2-5,16-17H,1,6-13,23H2;2*1H/t16-,17+;;/m1../s1. The highest BCUT2D eigenvalue weighted by molar-refractivity contribution is 5.85. The molecule has 2 N–H and O–H groups in total. The Bertz CT molecular complexity index is 647. The molecule has 3 rings (SSSR count). The van der Waals surface area contributed by atoms with Gasteiger partial charge in [0.2, 0.25) is 0 Å². The summed E-state index contributed by atoms with van der Waals surface area (Å²) in [5.41, 5.74) is 5.81. The van der Waals surface area contributed by atoms with Crippen molar-refractivity contribution in [3.63, 3.8) is 0 Å². The molecule has 0 radical (unpaired) electrons. The van der Waals surface area contributed by atoms with Crippen LogP contribution >= 0.6 is 24.8 Å². The smallest absolute Gasteiger partial charge is 0.364 e. The first kappa shape index (κ1) is 26.0. The van der Waals surface area contributed by atoms with Crippen molar-refractivity contribution in [2.45, 2.75) is 44.2 Å². The van der Waals surface area contributed by atoms with Crippen molar-refractivity contribution in [3.05, 3.63) is 35.4 Å². The number of nitrogens with zero attached hydrogens (tertiary/aromatic N) is 2. The predicted molar refractivity (Wildman–Crippen MR) is 109 cm³/mol. The summed E-state index contributed by atoms with van der Waals surface area (Å²) in [7, 11) is 0. The fourth-order valence-electron chi connectivity index (χ4n) is 3.67. The highest BCUT2D eigenvalue weighted by Gasteiger charge is 2.33. The zero-order valence-electron chi connectivity index (χ0n) is 16.1. The van der Waals surface area contributed by atoms with Crippen LogP contribution in [0.3, 0.4) is 0 Å². The third kappa shape index (κ3) is 7.00. The summed E-state index contributed by atoms with van der Waals surface area (Å²) in [4.78, 5) is 16.7. The minimum Gasteiger partial charge on any atom is -0.364 e. The molecule has 2 fully saturated rings. The molecule has 0 aromatic heterocycles. The molecule has 2 saturated heterocycles. The van der Waals surface area contributed by atoms with Gasteiger partial charge in [0.05, 0.1) is 11.7 Å². The van der Waals surface area contributed by atoms with Gasteiger partial charge in [-0.15, -0.1) is 24.8 Å². The van der Waals surface area contributed by atoms with Crippen LogP contribution in [0.2, 0.25) is 0 Å². The Hall–Kier alpha value is -1.06. The number of carbonyl (C=O) groups excluding carboxylic acids is 1. The van der Waals surface area contributed by atoms with E-state index in [-0.39, 0.29) is 42.9 Å². The molecule has 0 unspecified atom stereocenters. The molecule has 29 heavy (non-hydrogen) atoms. The Morgan fingerprint density at radius 2 is 1.76 bits per heavy atom. The van der Waals surface area contributed by atoms with Crippen LogP contribution in [0.25, 0.3) is 0 Å². The fourth-order valence-corrected chi connectivity index (χ4v) is 3.67. The molecule has 2 aliphatic rings. The minimum atomic E-state index is -4.31. The van der Waals surface area contributed by atoms with Gasteiger partial charge in [0.1, 0.15) is 6.10 Å². The summed E-state index contributed by atoms with van der Waals surface area (Å²) < 4.78 is 43.7. The zero-order chi connectivity index (χ0) is 19.4. The zero-order valence-corrected chi connectivity index (χ0v) is 17.7. The van der Waals surface area contributed by atoms with E-state index < -0.39 is 11.7 Å². The average molecular weight is 458 g/mol. The molecule has 10 heteroatoms. The second-order valence-electron chi connectivity index (χ2n) is 7.21. The van der Waals surface area contributed by atoms with E-state index in [9.17, 15) is 18.0 Å². The van der Waals surface area contributed by atoms with Crippen molar-refractivity contribution in [1.29, 1.82) is 0 Å². The highest BCUT2D eigenvalue weighted by Crippen LogP contribution is 2.29. The Morgan fingerprint density at radius 3 is 2.34 bits per heavy atom. The van der Waals surface area contributed by atoms with E-state index in [1.807, 2.05) is 4.90 Å². The summed E-state index contributed by atoms with van der Waals surface area (Å²) in [5, 5.41) is 0. The number of hydrogen-bond acceptors (Lipinski definition) is 4. The van der Waals surface area contributed by atoms with Gasteiger partial charge in [-0.3, -0.25) is 9.69 Å². The topological polar surface area (TPSA) is 58.8 Å². The van der Waals surface area contributed by atoms with Gasteiger partial charge in [0.15, 0.2) is 0 Å². The Morgan fingerprint density at radius 1 is 1.07 bits per heavy atom. The molecule has 0 saturated carbocycles. The molecule has 2 heterocycles. The normalized spacial score (nSPS) is 23.1. The molecular formula is C19H28Cl2F3N3O2. The van der Waals surface area contributed by atoms with E-state index in [2.05, 4.69) is 4.90 Å². The SMILES string of the molecule is Cl.Cl.NC[C@H]1CC[C@@H](C(=O)N2CCCN(Cc3ccc(C(F)(F)F)cc3)CC2)O1. The minimum absolute atomic E-state index is 0. The second kappa shape index (κ2) is 11.4. The monoisotopic (exact) mass is 457 g/mol.